The van der Waals surface area contributed by atoms with E-state index in [0.717, 1.165) is 11.5 Å². The van der Waals surface area contributed by atoms with Crippen molar-refractivity contribution in [3.63, 3.8) is 0 Å². The largest absolute Gasteiger partial charge is 0.497 e. The second-order valence-corrected chi connectivity index (χ2v) is 5.69. The molecular formula is C20H18ClNO4. The molecule has 1 heterocycles. The predicted molar refractivity (Wildman–Crippen MR) is 99.2 cm³/mol. The van der Waals surface area contributed by atoms with Crippen molar-refractivity contribution < 1.29 is 18.9 Å². The number of nitrogens with zero attached hydrogens (tertiary/aromatic N) is 1. The van der Waals surface area contributed by atoms with Crippen LogP contribution < -0.4 is 18.9 Å². The third-order valence-corrected chi connectivity index (χ3v) is 3.79. The lowest BCUT2D eigenvalue weighted by molar-refractivity contribution is 0.000274. The quantitative estimate of drug-likeness (QED) is 0.436. The van der Waals surface area contributed by atoms with Crippen LogP contribution in [0.3, 0.4) is 0 Å². The normalized spacial score (nSPS) is 10.5. The van der Waals surface area contributed by atoms with Crippen LogP contribution in [0.1, 0.15) is 12.0 Å². The molecule has 5 nitrogen and oxygen atoms in total. The summed E-state index contributed by atoms with van der Waals surface area (Å²) in [5, 5.41) is 0.365. The molecule has 0 spiro atoms. The number of pyridine rings is 1. The molecule has 0 saturated heterocycles. The number of halogens is 1. The van der Waals surface area contributed by atoms with E-state index < -0.39 is 6.29 Å². The molecule has 0 fully saturated rings. The highest BCUT2D eigenvalue weighted by Crippen LogP contribution is 2.28. The SMILES string of the molecule is COc1ccc(OC(Oc2ccc(OC)cc2)c2cccc(Cl)n2)cc1. The van der Waals surface area contributed by atoms with Gasteiger partial charge in [-0.3, -0.25) is 0 Å². The van der Waals surface area contributed by atoms with Crippen LogP contribution in [-0.2, 0) is 0 Å². The molecule has 0 bridgehead atoms. The molecule has 2 aromatic carbocycles. The van der Waals surface area contributed by atoms with Crippen LogP contribution in [-0.4, -0.2) is 19.2 Å². The first-order valence-corrected chi connectivity index (χ1v) is 8.29. The minimum atomic E-state index is -0.768. The Morgan fingerprint density at radius 3 is 1.58 bits per heavy atom. The summed E-state index contributed by atoms with van der Waals surface area (Å²) in [7, 11) is 3.22. The van der Waals surface area contributed by atoms with E-state index in [4.69, 9.17) is 30.5 Å². The zero-order chi connectivity index (χ0) is 18.4. The van der Waals surface area contributed by atoms with Gasteiger partial charge in [-0.1, -0.05) is 17.7 Å². The highest BCUT2D eigenvalue weighted by molar-refractivity contribution is 6.29. The molecule has 0 amide bonds. The second kappa shape index (κ2) is 8.45. The van der Waals surface area contributed by atoms with Crippen LogP contribution in [0.15, 0.2) is 66.7 Å². The fourth-order valence-corrected chi connectivity index (χ4v) is 2.43. The van der Waals surface area contributed by atoms with Gasteiger partial charge in [0.1, 0.15) is 33.8 Å². The van der Waals surface area contributed by atoms with Crippen LogP contribution in [0, 0.1) is 0 Å². The molecule has 0 aliphatic heterocycles. The van der Waals surface area contributed by atoms with E-state index in [1.807, 2.05) is 24.3 Å². The molecule has 0 N–H and O–H groups in total. The average Bonchev–Trinajstić information content (AvgIpc) is 2.68. The van der Waals surface area contributed by atoms with Crippen molar-refractivity contribution in [3.05, 3.63) is 77.6 Å². The van der Waals surface area contributed by atoms with Gasteiger partial charge >= 0.3 is 0 Å². The summed E-state index contributed by atoms with van der Waals surface area (Å²) < 4.78 is 22.3. The number of hydrogen-bond acceptors (Lipinski definition) is 5. The number of benzene rings is 2. The van der Waals surface area contributed by atoms with Gasteiger partial charge in [0.05, 0.1) is 14.2 Å². The first-order chi connectivity index (χ1) is 12.7. The van der Waals surface area contributed by atoms with E-state index in [1.165, 1.54) is 0 Å². The first-order valence-electron chi connectivity index (χ1n) is 7.92. The predicted octanol–water partition coefficient (Wildman–Crippen LogP) is 4.91. The Labute approximate surface area is 157 Å². The van der Waals surface area contributed by atoms with E-state index in [-0.39, 0.29) is 0 Å². The maximum atomic E-state index is 6.02. The minimum absolute atomic E-state index is 0.365. The maximum absolute atomic E-state index is 6.02. The average molecular weight is 372 g/mol. The summed E-state index contributed by atoms with van der Waals surface area (Å²) >= 11 is 6.02. The monoisotopic (exact) mass is 371 g/mol. The van der Waals surface area contributed by atoms with Gasteiger partial charge in [-0.15, -0.1) is 0 Å². The molecular weight excluding hydrogens is 354 g/mol. The van der Waals surface area contributed by atoms with Crippen LogP contribution in [0.25, 0.3) is 0 Å². The summed E-state index contributed by atoms with van der Waals surface area (Å²) in [6, 6.07) is 19.7. The van der Waals surface area contributed by atoms with Gasteiger partial charge in [-0.05, 0) is 60.7 Å². The Morgan fingerprint density at radius 2 is 1.15 bits per heavy atom. The summed E-state index contributed by atoms with van der Waals surface area (Å²) in [6.07, 6.45) is -0.768. The molecule has 0 aliphatic rings. The van der Waals surface area contributed by atoms with Crippen molar-refractivity contribution >= 4 is 11.6 Å². The second-order valence-electron chi connectivity index (χ2n) is 5.30. The van der Waals surface area contributed by atoms with E-state index >= 15 is 0 Å². The molecule has 134 valence electrons. The van der Waals surface area contributed by atoms with Gasteiger partial charge in [-0.25, -0.2) is 4.98 Å². The number of rotatable bonds is 7. The van der Waals surface area contributed by atoms with Crippen LogP contribution in [0.4, 0.5) is 0 Å². The zero-order valence-electron chi connectivity index (χ0n) is 14.4. The Kier molecular flexibility index (Phi) is 5.81. The van der Waals surface area contributed by atoms with Crippen molar-refractivity contribution in [2.45, 2.75) is 6.29 Å². The van der Waals surface area contributed by atoms with Crippen LogP contribution in [0.2, 0.25) is 5.15 Å². The number of ether oxygens (including phenoxy) is 4. The van der Waals surface area contributed by atoms with Crippen LogP contribution >= 0.6 is 11.6 Å². The lowest BCUT2D eigenvalue weighted by Gasteiger charge is -2.20. The molecule has 1 aromatic heterocycles. The third kappa shape index (κ3) is 4.58. The summed E-state index contributed by atoms with van der Waals surface area (Å²) in [5.41, 5.74) is 0.559. The fourth-order valence-electron chi connectivity index (χ4n) is 2.26. The van der Waals surface area contributed by atoms with Gasteiger partial charge in [-0.2, -0.15) is 0 Å². The van der Waals surface area contributed by atoms with E-state index in [2.05, 4.69) is 4.98 Å². The summed E-state index contributed by atoms with van der Waals surface area (Å²) in [5.74, 6) is 2.72. The first kappa shape index (κ1) is 17.9. The summed E-state index contributed by atoms with van der Waals surface area (Å²) in [6.45, 7) is 0. The Morgan fingerprint density at radius 1 is 0.692 bits per heavy atom. The standard InChI is InChI=1S/C20H18ClNO4/c1-23-14-6-10-16(11-7-14)25-20(18-4-3-5-19(21)22-18)26-17-12-8-15(24-2)9-13-17/h3-13,20H,1-2H3. The van der Waals surface area contributed by atoms with Crippen molar-refractivity contribution in [1.29, 1.82) is 0 Å². The topological polar surface area (TPSA) is 49.8 Å². The van der Waals surface area contributed by atoms with E-state index in [0.29, 0.717) is 22.3 Å². The molecule has 0 radical (unpaired) electrons. The zero-order valence-corrected chi connectivity index (χ0v) is 15.1. The van der Waals surface area contributed by atoms with E-state index in [9.17, 15) is 0 Å². The Hall–Kier alpha value is -2.92. The molecule has 6 heteroatoms. The molecule has 0 atom stereocenters. The van der Waals surface area contributed by atoms with Gasteiger partial charge < -0.3 is 18.9 Å². The highest BCUT2D eigenvalue weighted by Gasteiger charge is 2.18. The van der Waals surface area contributed by atoms with Gasteiger partial charge in [0, 0.05) is 0 Å². The van der Waals surface area contributed by atoms with Gasteiger partial charge in [0.15, 0.2) is 0 Å². The van der Waals surface area contributed by atoms with E-state index in [1.54, 1.807) is 56.7 Å². The van der Waals surface area contributed by atoms with Gasteiger partial charge in [0.2, 0.25) is 0 Å². The fraction of sp³-hybridized carbons (Fsp3) is 0.150. The molecule has 26 heavy (non-hydrogen) atoms. The van der Waals surface area contributed by atoms with Crippen molar-refractivity contribution in [1.82, 2.24) is 4.98 Å². The minimum Gasteiger partial charge on any atom is -0.497 e. The third-order valence-electron chi connectivity index (χ3n) is 3.58. The van der Waals surface area contributed by atoms with Crippen molar-refractivity contribution in [3.8, 4) is 23.0 Å². The highest BCUT2D eigenvalue weighted by atomic mass is 35.5. The Balaban J connectivity index is 1.84. The smallest absolute Gasteiger partial charge is 0.284 e. The number of methoxy groups -OCH3 is 2. The molecule has 3 aromatic rings. The summed E-state index contributed by atoms with van der Waals surface area (Å²) in [4.78, 5) is 4.30. The molecule has 0 aliphatic carbocycles. The van der Waals surface area contributed by atoms with Crippen molar-refractivity contribution in [2.75, 3.05) is 14.2 Å². The maximum Gasteiger partial charge on any atom is 0.284 e. The van der Waals surface area contributed by atoms with Gasteiger partial charge in [0.25, 0.3) is 6.29 Å². The lowest BCUT2D eigenvalue weighted by Crippen LogP contribution is -2.16. The lowest BCUT2D eigenvalue weighted by atomic mass is 10.3. The molecule has 3 rings (SSSR count). The van der Waals surface area contributed by atoms with Crippen LogP contribution in [0.5, 0.6) is 23.0 Å². The number of hydrogen-bond donors (Lipinski definition) is 0. The van der Waals surface area contributed by atoms with Crippen molar-refractivity contribution in [2.24, 2.45) is 0 Å². The molecule has 0 unspecified atom stereocenters. The number of aromatic nitrogens is 1. The Bertz CT molecular complexity index is 788. The molecule has 0 saturated carbocycles.